The van der Waals surface area contributed by atoms with Crippen LogP contribution in [0.25, 0.3) is 0 Å². The molecule has 0 aliphatic heterocycles. The Hall–Kier alpha value is -0.905. The second-order valence-corrected chi connectivity index (χ2v) is 5.54. The molecule has 0 unspecified atom stereocenters. The number of unbranched alkanes of at least 4 members (excludes halogenated alkanes) is 2. The molecule has 0 saturated carbocycles. The zero-order valence-corrected chi connectivity index (χ0v) is 12.6. The number of rotatable bonds is 8. The quantitative estimate of drug-likeness (QED) is 0.565. The minimum Gasteiger partial charge on any atom is -0.423 e. The summed E-state index contributed by atoms with van der Waals surface area (Å²) in [7, 11) is -1.63. The normalized spacial score (nSPS) is 11.4. The molecule has 0 radical (unpaired) electrons. The largest absolute Gasteiger partial charge is 0.488 e. The second-order valence-electron chi connectivity index (χ2n) is 5.54. The Morgan fingerprint density at radius 1 is 1.20 bits per heavy atom. The summed E-state index contributed by atoms with van der Waals surface area (Å²) in [5.74, 6) is -0.428. The van der Waals surface area contributed by atoms with Gasteiger partial charge in [-0.1, -0.05) is 25.8 Å². The molecule has 0 bridgehead atoms. The van der Waals surface area contributed by atoms with E-state index in [9.17, 15) is 4.39 Å². The van der Waals surface area contributed by atoms with E-state index in [1.807, 2.05) is 0 Å². The molecule has 0 aliphatic carbocycles. The highest BCUT2D eigenvalue weighted by molar-refractivity contribution is 6.58. The summed E-state index contributed by atoms with van der Waals surface area (Å²) < 4.78 is 13.5. The molecule has 0 fully saturated rings. The molecular formula is C15H25BFNO2. The van der Waals surface area contributed by atoms with E-state index in [0.29, 0.717) is 12.6 Å². The smallest absolute Gasteiger partial charge is 0.423 e. The van der Waals surface area contributed by atoms with Crippen molar-refractivity contribution in [1.29, 1.82) is 0 Å². The molecule has 5 heteroatoms. The fourth-order valence-corrected chi connectivity index (χ4v) is 2.23. The first-order chi connectivity index (χ1) is 9.43. The maximum atomic E-state index is 13.5. The molecule has 0 aliphatic rings. The van der Waals surface area contributed by atoms with Gasteiger partial charge < -0.3 is 10.0 Å². The maximum Gasteiger partial charge on any atom is 0.488 e. The molecule has 0 amide bonds. The van der Waals surface area contributed by atoms with Crippen molar-refractivity contribution in [3.8, 4) is 0 Å². The third-order valence-corrected chi connectivity index (χ3v) is 3.44. The second kappa shape index (κ2) is 8.40. The molecule has 0 atom stereocenters. The summed E-state index contributed by atoms with van der Waals surface area (Å²) in [6.45, 7) is 8.00. The van der Waals surface area contributed by atoms with Gasteiger partial charge in [0.25, 0.3) is 0 Å². The van der Waals surface area contributed by atoms with Gasteiger partial charge in [0.15, 0.2) is 0 Å². The number of nitrogens with zero attached hydrogens (tertiary/aromatic N) is 1. The molecule has 112 valence electrons. The van der Waals surface area contributed by atoms with Gasteiger partial charge in [-0.15, -0.1) is 0 Å². The van der Waals surface area contributed by atoms with Crippen LogP contribution in [-0.4, -0.2) is 34.7 Å². The Labute approximate surface area is 121 Å². The van der Waals surface area contributed by atoms with Crippen molar-refractivity contribution in [1.82, 2.24) is 4.90 Å². The van der Waals surface area contributed by atoms with Crippen LogP contribution >= 0.6 is 0 Å². The number of hydrogen-bond donors (Lipinski definition) is 2. The third-order valence-electron chi connectivity index (χ3n) is 3.44. The standard InChI is InChI=1S/C15H25BFNO2/c1-4-5-6-7-18(12(2)3)11-13-8-14(16(19)20)10-15(17)9-13/h8-10,12,19-20H,4-7,11H2,1-3H3. The summed E-state index contributed by atoms with van der Waals surface area (Å²) in [5.41, 5.74) is 0.982. The van der Waals surface area contributed by atoms with E-state index < -0.39 is 12.9 Å². The Morgan fingerprint density at radius 3 is 2.45 bits per heavy atom. The van der Waals surface area contributed by atoms with Crippen LogP contribution in [0.3, 0.4) is 0 Å². The van der Waals surface area contributed by atoms with Gasteiger partial charge in [0.05, 0.1) is 0 Å². The van der Waals surface area contributed by atoms with Crippen LogP contribution in [0.2, 0.25) is 0 Å². The Kier molecular flexibility index (Phi) is 7.20. The lowest BCUT2D eigenvalue weighted by atomic mass is 9.79. The van der Waals surface area contributed by atoms with Gasteiger partial charge in [-0.05, 0) is 50.0 Å². The van der Waals surface area contributed by atoms with Gasteiger partial charge in [0.2, 0.25) is 0 Å². The molecule has 1 rings (SSSR count). The van der Waals surface area contributed by atoms with Crippen LogP contribution < -0.4 is 5.46 Å². The van der Waals surface area contributed by atoms with Gasteiger partial charge in [-0.2, -0.15) is 0 Å². The zero-order chi connectivity index (χ0) is 15.1. The van der Waals surface area contributed by atoms with Gasteiger partial charge >= 0.3 is 7.12 Å². The first kappa shape index (κ1) is 17.1. The monoisotopic (exact) mass is 281 g/mol. The molecule has 0 heterocycles. The van der Waals surface area contributed by atoms with E-state index in [2.05, 4.69) is 25.7 Å². The predicted octanol–water partition coefficient (Wildman–Crippen LogP) is 1.91. The molecule has 1 aromatic rings. The van der Waals surface area contributed by atoms with Crippen molar-refractivity contribution in [3.63, 3.8) is 0 Å². The molecule has 0 saturated heterocycles. The average Bonchev–Trinajstić information content (AvgIpc) is 2.36. The maximum absolute atomic E-state index is 13.5. The van der Waals surface area contributed by atoms with Crippen molar-refractivity contribution in [2.45, 2.75) is 52.6 Å². The Morgan fingerprint density at radius 2 is 1.90 bits per heavy atom. The highest BCUT2D eigenvalue weighted by Crippen LogP contribution is 2.11. The van der Waals surface area contributed by atoms with Crippen molar-refractivity contribution in [2.75, 3.05) is 6.54 Å². The van der Waals surface area contributed by atoms with E-state index in [1.54, 1.807) is 6.07 Å². The lowest BCUT2D eigenvalue weighted by Crippen LogP contribution is -2.34. The van der Waals surface area contributed by atoms with E-state index in [-0.39, 0.29) is 5.46 Å². The van der Waals surface area contributed by atoms with Crippen molar-refractivity contribution < 1.29 is 14.4 Å². The lowest BCUT2D eigenvalue weighted by molar-refractivity contribution is 0.208. The van der Waals surface area contributed by atoms with Crippen molar-refractivity contribution in [2.24, 2.45) is 0 Å². The average molecular weight is 281 g/mol. The molecule has 1 aromatic carbocycles. The number of hydrogen-bond acceptors (Lipinski definition) is 3. The third kappa shape index (κ3) is 5.61. The number of benzene rings is 1. The molecular weight excluding hydrogens is 256 g/mol. The van der Waals surface area contributed by atoms with Crippen molar-refractivity contribution in [3.05, 3.63) is 29.6 Å². The highest BCUT2D eigenvalue weighted by atomic mass is 19.1. The summed E-state index contributed by atoms with van der Waals surface area (Å²) in [6, 6.07) is 4.65. The Balaban J connectivity index is 2.77. The van der Waals surface area contributed by atoms with E-state index in [1.165, 1.54) is 18.9 Å². The van der Waals surface area contributed by atoms with Crippen LogP contribution in [0.5, 0.6) is 0 Å². The fourth-order valence-electron chi connectivity index (χ4n) is 2.23. The topological polar surface area (TPSA) is 43.7 Å². The van der Waals surface area contributed by atoms with Crippen LogP contribution in [0.15, 0.2) is 18.2 Å². The minimum absolute atomic E-state index is 0.206. The summed E-state index contributed by atoms with van der Waals surface area (Å²) in [4.78, 5) is 2.28. The van der Waals surface area contributed by atoms with Gasteiger partial charge in [-0.3, -0.25) is 4.90 Å². The first-order valence-electron chi connectivity index (χ1n) is 7.33. The van der Waals surface area contributed by atoms with Crippen LogP contribution in [-0.2, 0) is 6.54 Å². The molecule has 20 heavy (non-hydrogen) atoms. The summed E-state index contributed by atoms with van der Waals surface area (Å²) >= 11 is 0. The number of halogens is 1. The zero-order valence-electron chi connectivity index (χ0n) is 12.6. The first-order valence-corrected chi connectivity index (χ1v) is 7.33. The van der Waals surface area contributed by atoms with Gasteiger partial charge in [0.1, 0.15) is 5.82 Å². The Bertz CT molecular complexity index is 413. The van der Waals surface area contributed by atoms with Crippen LogP contribution in [0.1, 0.15) is 45.6 Å². The van der Waals surface area contributed by atoms with Crippen LogP contribution in [0.4, 0.5) is 4.39 Å². The van der Waals surface area contributed by atoms with Crippen molar-refractivity contribution >= 4 is 12.6 Å². The van der Waals surface area contributed by atoms with Crippen LogP contribution in [0, 0.1) is 5.82 Å². The predicted molar refractivity (Wildman–Crippen MR) is 81.3 cm³/mol. The molecule has 2 N–H and O–H groups in total. The molecule has 0 spiro atoms. The fraction of sp³-hybridized carbons (Fsp3) is 0.600. The lowest BCUT2D eigenvalue weighted by Gasteiger charge is -2.26. The molecule has 3 nitrogen and oxygen atoms in total. The van der Waals surface area contributed by atoms with E-state index in [4.69, 9.17) is 10.0 Å². The summed E-state index contributed by atoms with van der Waals surface area (Å²) in [5, 5.41) is 18.3. The SMILES string of the molecule is CCCCCN(Cc1cc(F)cc(B(O)O)c1)C(C)C. The summed E-state index contributed by atoms with van der Waals surface area (Å²) in [6.07, 6.45) is 3.49. The van der Waals surface area contributed by atoms with Gasteiger partial charge in [0, 0.05) is 12.6 Å². The van der Waals surface area contributed by atoms with E-state index >= 15 is 0 Å². The van der Waals surface area contributed by atoms with Gasteiger partial charge in [-0.25, -0.2) is 4.39 Å². The highest BCUT2D eigenvalue weighted by Gasteiger charge is 2.15. The molecule has 0 aromatic heterocycles. The van der Waals surface area contributed by atoms with E-state index in [0.717, 1.165) is 24.6 Å². The minimum atomic E-state index is -1.63.